The number of halogens is 2. The molecule has 32 heavy (non-hydrogen) atoms. The molecule has 3 aromatic rings. The largest absolute Gasteiger partial charge is 0.334 e. The van der Waals surface area contributed by atoms with E-state index in [2.05, 4.69) is 26.3 Å². The van der Waals surface area contributed by atoms with Gasteiger partial charge in [0.15, 0.2) is 11.6 Å². The summed E-state index contributed by atoms with van der Waals surface area (Å²) in [6, 6.07) is 6.06. The fourth-order valence-corrected chi connectivity index (χ4v) is 3.26. The van der Waals surface area contributed by atoms with Crippen LogP contribution in [-0.2, 0) is 16.1 Å². The number of carbonyl (C=O) groups excluding carboxylic acids is 3. The predicted octanol–water partition coefficient (Wildman–Crippen LogP) is 1.37. The van der Waals surface area contributed by atoms with E-state index in [9.17, 15) is 28.0 Å². The van der Waals surface area contributed by atoms with Gasteiger partial charge >= 0.3 is 6.03 Å². The Bertz CT molecular complexity index is 1310. The first-order chi connectivity index (χ1) is 15.3. The van der Waals surface area contributed by atoms with Gasteiger partial charge in [-0.15, -0.1) is 5.10 Å². The second-order valence-corrected chi connectivity index (χ2v) is 7.09. The van der Waals surface area contributed by atoms with Gasteiger partial charge in [0.1, 0.15) is 11.6 Å². The van der Waals surface area contributed by atoms with Crippen molar-refractivity contribution in [1.82, 2.24) is 25.6 Å². The van der Waals surface area contributed by atoms with E-state index in [1.807, 2.05) is 0 Å². The van der Waals surface area contributed by atoms with E-state index in [4.69, 9.17) is 0 Å². The van der Waals surface area contributed by atoms with E-state index in [0.717, 1.165) is 16.8 Å². The molecule has 0 saturated carbocycles. The van der Waals surface area contributed by atoms with Gasteiger partial charge in [-0.25, -0.2) is 13.6 Å². The minimum Gasteiger partial charge on any atom is -0.334 e. The van der Waals surface area contributed by atoms with Crippen LogP contribution in [0.1, 0.15) is 24.4 Å². The molecule has 3 N–H and O–H groups in total. The third-order valence-corrected chi connectivity index (χ3v) is 4.89. The lowest BCUT2D eigenvalue weighted by molar-refractivity contribution is -0.136. The third-order valence-electron chi connectivity index (χ3n) is 4.89. The number of anilines is 1. The molecule has 1 aliphatic heterocycles. The number of hydrogen-bond acceptors (Lipinski definition) is 6. The zero-order chi connectivity index (χ0) is 22.8. The second-order valence-electron chi connectivity index (χ2n) is 7.09. The number of nitrogens with zero attached hydrogens (tertiary/aromatic N) is 3. The quantitative estimate of drug-likeness (QED) is 0.523. The standard InChI is InChI=1S/C20H16F2N6O4/c21-13-4-2-11(8-14(13)22)24-20(32)23-9-10-1-3-12-15(7-10)26-27-28(19(12)31)16-5-6-17(29)25-18(16)30/h1-4,7-8,16H,5-6,9H2,(H2,23,24,32)(H,25,29,30). The summed E-state index contributed by atoms with van der Waals surface area (Å²) in [6.07, 6.45) is 0.250. The van der Waals surface area contributed by atoms with E-state index in [-0.39, 0.29) is 36.0 Å². The van der Waals surface area contributed by atoms with Crippen LogP contribution in [0.3, 0.4) is 0 Å². The monoisotopic (exact) mass is 442 g/mol. The van der Waals surface area contributed by atoms with Gasteiger partial charge in [0, 0.05) is 24.7 Å². The van der Waals surface area contributed by atoms with Crippen LogP contribution in [0.2, 0.25) is 0 Å². The summed E-state index contributed by atoms with van der Waals surface area (Å²) < 4.78 is 27.1. The summed E-state index contributed by atoms with van der Waals surface area (Å²) in [4.78, 5) is 48.1. The van der Waals surface area contributed by atoms with E-state index in [1.54, 1.807) is 12.1 Å². The molecule has 4 amide bonds. The minimum absolute atomic E-state index is 0.0589. The lowest BCUT2D eigenvalue weighted by atomic mass is 10.1. The third kappa shape index (κ3) is 4.29. The molecule has 1 unspecified atom stereocenters. The number of carbonyl (C=O) groups is 3. The maximum Gasteiger partial charge on any atom is 0.319 e. The summed E-state index contributed by atoms with van der Waals surface area (Å²) in [5, 5.41) is 15.1. The maximum absolute atomic E-state index is 13.2. The van der Waals surface area contributed by atoms with E-state index in [1.165, 1.54) is 12.1 Å². The zero-order valence-electron chi connectivity index (χ0n) is 16.4. The number of fused-ring (bicyclic) bond motifs is 1. The van der Waals surface area contributed by atoms with Gasteiger partial charge in [-0.3, -0.25) is 19.7 Å². The Morgan fingerprint density at radius 3 is 2.69 bits per heavy atom. The minimum atomic E-state index is -1.08. The Morgan fingerprint density at radius 1 is 1.12 bits per heavy atom. The average Bonchev–Trinajstić information content (AvgIpc) is 2.76. The highest BCUT2D eigenvalue weighted by atomic mass is 19.2. The summed E-state index contributed by atoms with van der Waals surface area (Å²) in [5.41, 5.74) is 0.420. The van der Waals surface area contributed by atoms with Gasteiger partial charge in [-0.05, 0) is 36.2 Å². The van der Waals surface area contributed by atoms with Crippen LogP contribution >= 0.6 is 0 Å². The fourth-order valence-electron chi connectivity index (χ4n) is 3.26. The number of benzene rings is 2. The maximum atomic E-state index is 13.2. The Hall–Kier alpha value is -4.22. The summed E-state index contributed by atoms with van der Waals surface area (Å²) in [5.74, 6) is -3.12. The Kier molecular flexibility index (Phi) is 5.58. The molecule has 1 fully saturated rings. The van der Waals surface area contributed by atoms with Crippen molar-refractivity contribution in [3.63, 3.8) is 0 Å². The van der Waals surface area contributed by atoms with Crippen molar-refractivity contribution >= 4 is 34.4 Å². The Labute approximate surface area is 178 Å². The van der Waals surface area contributed by atoms with Crippen molar-refractivity contribution in [2.75, 3.05) is 5.32 Å². The second kappa shape index (κ2) is 8.49. The number of imide groups is 1. The number of rotatable bonds is 4. The molecule has 1 saturated heterocycles. The molecule has 0 aliphatic carbocycles. The molecule has 0 spiro atoms. The summed E-state index contributed by atoms with van der Waals surface area (Å²) >= 11 is 0. The number of piperidine rings is 1. The van der Waals surface area contributed by atoms with E-state index >= 15 is 0 Å². The van der Waals surface area contributed by atoms with Crippen LogP contribution < -0.4 is 21.5 Å². The number of aromatic nitrogens is 3. The number of nitrogens with one attached hydrogen (secondary N) is 3. The highest BCUT2D eigenvalue weighted by molar-refractivity contribution is 5.99. The van der Waals surface area contributed by atoms with Crippen molar-refractivity contribution in [2.24, 2.45) is 0 Å². The molecule has 10 nitrogen and oxygen atoms in total. The molecule has 0 radical (unpaired) electrons. The topological polar surface area (TPSA) is 135 Å². The van der Waals surface area contributed by atoms with E-state index < -0.39 is 41.1 Å². The average molecular weight is 442 g/mol. The van der Waals surface area contributed by atoms with Crippen LogP contribution in [-0.4, -0.2) is 32.8 Å². The van der Waals surface area contributed by atoms with Crippen LogP contribution in [0.15, 0.2) is 41.2 Å². The molecule has 1 aromatic heterocycles. The first-order valence-corrected chi connectivity index (χ1v) is 9.53. The molecule has 1 aliphatic rings. The van der Waals surface area contributed by atoms with E-state index in [0.29, 0.717) is 5.56 Å². The summed E-state index contributed by atoms with van der Waals surface area (Å²) in [7, 11) is 0. The van der Waals surface area contributed by atoms with Crippen molar-refractivity contribution < 1.29 is 23.2 Å². The van der Waals surface area contributed by atoms with Crippen molar-refractivity contribution in [3.8, 4) is 0 Å². The molecule has 2 heterocycles. The Balaban J connectivity index is 1.46. The van der Waals surface area contributed by atoms with Crippen molar-refractivity contribution in [1.29, 1.82) is 0 Å². The molecule has 0 bridgehead atoms. The van der Waals surface area contributed by atoms with Gasteiger partial charge in [0.05, 0.1) is 5.39 Å². The van der Waals surface area contributed by atoms with Gasteiger partial charge in [0.25, 0.3) is 11.5 Å². The van der Waals surface area contributed by atoms with Crippen LogP contribution in [0.5, 0.6) is 0 Å². The zero-order valence-corrected chi connectivity index (χ0v) is 16.4. The van der Waals surface area contributed by atoms with Crippen LogP contribution in [0.4, 0.5) is 19.3 Å². The highest BCUT2D eigenvalue weighted by Crippen LogP contribution is 2.17. The molecule has 2 aromatic carbocycles. The molecule has 1 atom stereocenters. The molecule has 164 valence electrons. The first kappa shape index (κ1) is 21.0. The Morgan fingerprint density at radius 2 is 1.94 bits per heavy atom. The smallest absolute Gasteiger partial charge is 0.319 e. The van der Waals surface area contributed by atoms with Gasteiger partial charge in [0.2, 0.25) is 5.91 Å². The fraction of sp³-hybridized carbons (Fsp3) is 0.200. The lowest BCUT2D eigenvalue weighted by Gasteiger charge is -2.21. The van der Waals surface area contributed by atoms with Gasteiger partial charge in [-0.1, -0.05) is 11.3 Å². The van der Waals surface area contributed by atoms with Crippen molar-refractivity contribution in [3.05, 3.63) is 63.9 Å². The van der Waals surface area contributed by atoms with Gasteiger partial charge in [-0.2, -0.15) is 4.68 Å². The van der Waals surface area contributed by atoms with Crippen LogP contribution in [0, 0.1) is 11.6 Å². The number of urea groups is 1. The van der Waals surface area contributed by atoms with Crippen molar-refractivity contribution in [2.45, 2.75) is 25.4 Å². The predicted molar refractivity (Wildman–Crippen MR) is 107 cm³/mol. The summed E-state index contributed by atoms with van der Waals surface area (Å²) in [6.45, 7) is 0.0589. The SMILES string of the molecule is O=C1CCC(n2nnc3cc(CNC(=O)Nc4ccc(F)c(F)c4)ccc3c2=O)C(=O)N1. The van der Waals surface area contributed by atoms with Gasteiger partial charge < -0.3 is 10.6 Å². The molecule has 4 rings (SSSR count). The number of hydrogen-bond donors (Lipinski definition) is 3. The molecule has 12 heteroatoms. The lowest BCUT2D eigenvalue weighted by Crippen LogP contribution is -2.45. The van der Waals surface area contributed by atoms with Crippen LogP contribution in [0.25, 0.3) is 10.9 Å². The first-order valence-electron chi connectivity index (χ1n) is 9.53. The number of amides is 4. The molecular weight excluding hydrogens is 426 g/mol. The highest BCUT2D eigenvalue weighted by Gasteiger charge is 2.30. The molecular formula is C20H16F2N6O4. The normalized spacial score (nSPS) is 16.0.